The SMILES string of the molecule is CCC[C@@H](NC(=O)c1ccccc1)c1nc2ccccc2n1CC(=O)Nc1ccc(N(CC)CC)cc1. The number of nitrogens with one attached hydrogen (secondary N) is 2. The Morgan fingerprint density at radius 2 is 1.57 bits per heavy atom. The Morgan fingerprint density at radius 1 is 0.892 bits per heavy atom. The first-order valence-electron chi connectivity index (χ1n) is 13.0. The van der Waals surface area contributed by atoms with Gasteiger partial charge < -0.3 is 20.1 Å². The van der Waals surface area contributed by atoms with E-state index in [0.717, 1.165) is 41.9 Å². The summed E-state index contributed by atoms with van der Waals surface area (Å²) in [4.78, 5) is 33.3. The second-order valence-corrected chi connectivity index (χ2v) is 8.99. The Morgan fingerprint density at radius 3 is 2.24 bits per heavy atom. The topological polar surface area (TPSA) is 79.3 Å². The van der Waals surface area contributed by atoms with E-state index >= 15 is 0 Å². The van der Waals surface area contributed by atoms with E-state index in [1.165, 1.54) is 0 Å². The van der Waals surface area contributed by atoms with Gasteiger partial charge in [0.15, 0.2) is 0 Å². The van der Waals surface area contributed by atoms with Crippen LogP contribution in [0.4, 0.5) is 11.4 Å². The summed E-state index contributed by atoms with van der Waals surface area (Å²) >= 11 is 0. The lowest BCUT2D eigenvalue weighted by atomic mass is 10.1. The van der Waals surface area contributed by atoms with Crippen LogP contribution in [0.2, 0.25) is 0 Å². The van der Waals surface area contributed by atoms with Crippen molar-refractivity contribution in [2.75, 3.05) is 23.3 Å². The number of hydrogen-bond donors (Lipinski definition) is 2. The van der Waals surface area contributed by atoms with Gasteiger partial charge in [-0.3, -0.25) is 9.59 Å². The largest absolute Gasteiger partial charge is 0.372 e. The van der Waals surface area contributed by atoms with Crippen LogP contribution in [0.3, 0.4) is 0 Å². The zero-order valence-corrected chi connectivity index (χ0v) is 21.8. The molecule has 3 aromatic carbocycles. The van der Waals surface area contributed by atoms with Crippen molar-refractivity contribution >= 4 is 34.2 Å². The third-order valence-corrected chi connectivity index (χ3v) is 6.50. The molecule has 0 aliphatic heterocycles. The number of anilines is 2. The molecule has 1 aromatic heterocycles. The van der Waals surface area contributed by atoms with Crippen LogP contribution in [-0.2, 0) is 11.3 Å². The zero-order chi connectivity index (χ0) is 26.2. The van der Waals surface area contributed by atoms with Gasteiger partial charge >= 0.3 is 0 Å². The number of nitrogens with zero attached hydrogens (tertiary/aromatic N) is 3. The molecule has 0 saturated carbocycles. The van der Waals surface area contributed by atoms with Crippen molar-refractivity contribution in [3.63, 3.8) is 0 Å². The molecule has 0 aliphatic carbocycles. The highest BCUT2D eigenvalue weighted by Gasteiger charge is 2.23. The summed E-state index contributed by atoms with van der Waals surface area (Å²) in [5.74, 6) is 0.374. The number of fused-ring (bicyclic) bond motifs is 1. The number of para-hydroxylation sites is 2. The van der Waals surface area contributed by atoms with E-state index < -0.39 is 0 Å². The molecule has 0 spiro atoms. The predicted octanol–water partition coefficient (Wildman–Crippen LogP) is 5.79. The standard InChI is InChI=1S/C30H35N5O2/c1-4-12-26(33-30(37)22-13-8-7-9-14-22)29-32-25-15-10-11-16-27(25)35(29)21-28(36)31-23-17-19-24(20-18-23)34(5-2)6-3/h7-11,13-20,26H,4-6,12,21H2,1-3H3,(H,31,36)(H,33,37)/t26-/m1/s1. The van der Waals surface area contributed by atoms with Crippen LogP contribution in [0.5, 0.6) is 0 Å². The second kappa shape index (κ2) is 12.2. The molecule has 1 heterocycles. The lowest BCUT2D eigenvalue weighted by Gasteiger charge is -2.21. The monoisotopic (exact) mass is 497 g/mol. The summed E-state index contributed by atoms with van der Waals surface area (Å²) in [5, 5.41) is 6.16. The Balaban J connectivity index is 1.58. The molecule has 0 unspecified atom stereocenters. The van der Waals surface area contributed by atoms with Crippen LogP contribution < -0.4 is 15.5 Å². The Kier molecular flexibility index (Phi) is 8.56. The number of hydrogen-bond acceptors (Lipinski definition) is 4. The normalized spacial score (nSPS) is 11.8. The third kappa shape index (κ3) is 6.17. The van der Waals surface area contributed by atoms with Gasteiger partial charge in [0.05, 0.1) is 17.1 Å². The maximum absolute atomic E-state index is 13.2. The number of amides is 2. The van der Waals surface area contributed by atoms with E-state index in [1.54, 1.807) is 12.1 Å². The predicted molar refractivity (Wildman–Crippen MR) is 150 cm³/mol. The van der Waals surface area contributed by atoms with Crippen molar-refractivity contribution in [3.05, 3.63) is 90.3 Å². The van der Waals surface area contributed by atoms with Gasteiger partial charge in [-0.1, -0.05) is 43.7 Å². The second-order valence-electron chi connectivity index (χ2n) is 8.99. The summed E-state index contributed by atoms with van der Waals surface area (Å²) in [6, 6.07) is 24.5. The molecular formula is C30H35N5O2. The molecule has 2 N–H and O–H groups in total. The first-order valence-corrected chi connectivity index (χ1v) is 13.0. The number of carbonyl (C=O) groups is 2. The van der Waals surface area contributed by atoms with E-state index in [1.807, 2.05) is 71.3 Å². The molecule has 4 aromatic rings. The van der Waals surface area contributed by atoms with Crippen LogP contribution in [-0.4, -0.2) is 34.5 Å². The number of aromatic nitrogens is 2. The molecule has 4 rings (SSSR count). The molecule has 1 atom stereocenters. The fourth-order valence-corrected chi connectivity index (χ4v) is 4.60. The smallest absolute Gasteiger partial charge is 0.251 e. The maximum atomic E-state index is 13.2. The maximum Gasteiger partial charge on any atom is 0.251 e. The Hall–Kier alpha value is -4.13. The van der Waals surface area contributed by atoms with E-state index in [9.17, 15) is 9.59 Å². The number of carbonyl (C=O) groups excluding carboxylic acids is 2. The van der Waals surface area contributed by atoms with Crippen molar-refractivity contribution < 1.29 is 9.59 Å². The van der Waals surface area contributed by atoms with Crippen LogP contribution in [0.1, 0.15) is 55.8 Å². The summed E-state index contributed by atoms with van der Waals surface area (Å²) in [5.41, 5.74) is 4.12. The third-order valence-electron chi connectivity index (χ3n) is 6.50. The first kappa shape index (κ1) is 25.9. The molecule has 2 amide bonds. The first-order chi connectivity index (χ1) is 18.0. The van der Waals surface area contributed by atoms with Gasteiger partial charge in [0, 0.05) is 30.0 Å². The van der Waals surface area contributed by atoms with Gasteiger partial charge in [0.25, 0.3) is 5.91 Å². The summed E-state index contributed by atoms with van der Waals surface area (Å²) in [6.07, 6.45) is 1.56. The summed E-state index contributed by atoms with van der Waals surface area (Å²) in [7, 11) is 0. The molecule has 192 valence electrons. The van der Waals surface area contributed by atoms with Crippen molar-refractivity contribution in [2.45, 2.75) is 46.2 Å². The molecule has 7 heteroatoms. The minimum Gasteiger partial charge on any atom is -0.372 e. The van der Waals surface area contributed by atoms with E-state index in [2.05, 4.69) is 36.3 Å². The molecule has 37 heavy (non-hydrogen) atoms. The van der Waals surface area contributed by atoms with Crippen LogP contribution in [0.15, 0.2) is 78.9 Å². The summed E-state index contributed by atoms with van der Waals surface area (Å²) in [6.45, 7) is 8.27. The van der Waals surface area contributed by atoms with Crippen molar-refractivity contribution in [1.29, 1.82) is 0 Å². The van der Waals surface area contributed by atoms with Crippen molar-refractivity contribution in [2.24, 2.45) is 0 Å². The molecule has 0 saturated heterocycles. The lowest BCUT2D eigenvalue weighted by molar-refractivity contribution is -0.116. The van der Waals surface area contributed by atoms with Crippen LogP contribution in [0.25, 0.3) is 11.0 Å². The molecule has 0 aliphatic rings. The highest BCUT2D eigenvalue weighted by atomic mass is 16.2. The molecule has 0 fully saturated rings. The zero-order valence-electron chi connectivity index (χ0n) is 21.8. The van der Waals surface area contributed by atoms with Crippen LogP contribution >= 0.6 is 0 Å². The van der Waals surface area contributed by atoms with Gasteiger partial charge in [-0.25, -0.2) is 4.98 Å². The van der Waals surface area contributed by atoms with Gasteiger partial charge in [-0.15, -0.1) is 0 Å². The molecule has 0 bridgehead atoms. The average molecular weight is 498 g/mol. The van der Waals surface area contributed by atoms with E-state index in [4.69, 9.17) is 4.98 Å². The number of rotatable bonds is 11. The molecule has 0 radical (unpaired) electrons. The number of benzene rings is 3. The van der Waals surface area contributed by atoms with Crippen molar-refractivity contribution in [1.82, 2.24) is 14.9 Å². The minimum absolute atomic E-state index is 0.0923. The van der Waals surface area contributed by atoms with Gasteiger partial charge in [-0.2, -0.15) is 0 Å². The minimum atomic E-state index is -0.328. The average Bonchev–Trinajstić information content (AvgIpc) is 3.28. The van der Waals surface area contributed by atoms with Crippen LogP contribution in [0, 0.1) is 0 Å². The molecule has 7 nitrogen and oxygen atoms in total. The fourth-order valence-electron chi connectivity index (χ4n) is 4.60. The molecular weight excluding hydrogens is 462 g/mol. The van der Waals surface area contributed by atoms with Gasteiger partial charge in [0.2, 0.25) is 5.91 Å². The van der Waals surface area contributed by atoms with E-state index in [-0.39, 0.29) is 24.4 Å². The lowest BCUT2D eigenvalue weighted by Crippen LogP contribution is -2.31. The fraction of sp³-hybridized carbons (Fsp3) is 0.300. The van der Waals surface area contributed by atoms with Gasteiger partial charge in [0.1, 0.15) is 12.4 Å². The van der Waals surface area contributed by atoms with E-state index in [0.29, 0.717) is 17.8 Å². The van der Waals surface area contributed by atoms with Gasteiger partial charge in [-0.05, 0) is 68.8 Å². The van der Waals surface area contributed by atoms with Crippen molar-refractivity contribution in [3.8, 4) is 0 Å². The highest BCUT2D eigenvalue weighted by Crippen LogP contribution is 2.25. The summed E-state index contributed by atoms with van der Waals surface area (Å²) < 4.78 is 1.92. The number of imidazole rings is 1. The highest BCUT2D eigenvalue weighted by molar-refractivity contribution is 5.94. The quantitative estimate of drug-likeness (QED) is 0.275. The Labute approximate surface area is 218 Å². The Bertz CT molecular complexity index is 1330.